The number of aliphatic carboxylic acids is 1. The van der Waals surface area contributed by atoms with Crippen LogP contribution in [0.3, 0.4) is 0 Å². The average Bonchev–Trinajstić information content (AvgIpc) is 3.90. The first-order chi connectivity index (χ1) is 36.3. The van der Waals surface area contributed by atoms with Crippen LogP contribution in [0, 0.1) is 5.92 Å². The number of nitrogens with one attached hydrogen (secondary N) is 5. The van der Waals surface area contributed by atoms with Crippen molar-refractivity contribution in [3.63, 3.8) is 0 Å². The molecule has 5 rings (SSSR count). The van der Waals surface area contributed by atoms with Gasteiger partial charge in [-0.25, -0.2) is 9.59 Å². The number of likely N-dealkylation sites (tertiary alicyclic amines) is 1. The van der Waals surface area contributed by atoms with Crippen LogP contribution in [0.5, 0.6) is 0 Å². The van der Waals surface area contributed by atoms with Crippen molar-refractivity contribution in [2.45, 2.75) is 133 Å². The fraction of sp³-hybridized carbons (Fsp3) is 0.466. The minimum absolute atomic E-state index is 0.0262. The number of carbonyl (C=O) groups is 7. The lowest BCUT2D eigenvalue weighted by molar-refractivity contribution is -0.142. The Kier molecular flexibility index (Phi) is 23.7. The molecule has 1 heterocycles. The second-order valence-electron chi connectivity index (χ2n) is 20.5. The van der Waals surface area contributed by atoms with Gasteiger partial charge in [0.25, 0.3) is 0 Å². The molecule has 1 fully saturated rings. The maximum atomic E-state index is 14.5. The maximum Gasteiger partial charge on any atom is 0.407 e. The zero-order valence-corrected chi connectivity index (χ0v) is 46.3. The van der Waals surface area contributed by atoms with Gasteiger partial charge in [0.15, 0.2) is 0 Å². The molecule has 6 atom stereocenters. The Labute approximate surface area is 456 Å². The Hall–Kier alpha value is -6.37. The number of ether oxygens (including phenoxy) is 1. The molecule has 4 aromatic carbocycles. The van der Waals surface area contributed by atoms with E-state index in [9.17, 15) is 38.7 Å². The summed E-state index contributed by atoms with van der Waals surface area (Å²) in [5.74, 6) is -3.59. The van der Waals surface area contributed by atoms with Crippen LogP contribution in [0.2, 0.25) is 0 Å². The van der Waals surface area contributed by atoms with Crippen LogP contribution in [-0.2, 0) is 44.7 Å². The highest BCUT2D eigenvalue weighted by Crippen LogP contribution is 2.48. The number of rotatable bonds is 28. The van der Waals surface area contributed by atoms with E-state index in [0.717, 1.165) is 16.7 Å². The summed E-state index contributed by atoms with van der Waals surface area (Å²) >= 11 is 3.00. The molecular formula is C58H77N7O9S2. The predicted octanol–water partition coefficient (Wildman–Crippen LogP) is 6.79. The number of carbonyl (C=O) groups excluding carboxylic acids is 6. The molecule has 1 aliphatic heterocycles. The van der Waals surface area contributed by atoms with Crippen LogP contribution in [0.4, 0.5) is 4.79 Å². The number of hydrogen-bond acceptors (Lipinski definition) is 11. The molecule has 1 saturated heterocycles. The van der Waals surface area contributed by atoms with Crippen LogP contribution in [0.1, 0.15) is 102 Å². The summed E-state index contributed by atoms with van der Waals surface area (Å²) in [5, 5.41) is 23.9. The molecule has 8 N–H and O–H groups in total. The lowest BCUT2D eigenvalue weighted by Gasteiger charge is -2.36. The Bertz CT molecular complexity index is 2400. The number of benzene rings is 4. The van der Waals surface area contributed by atoms with Gasteiger partial charge in [-0.05, 0) is 106 Å². The monoisotopic (exact) mass is 1080 g/mol. The molecule has 4 aromatic rings. The normalized spacial score (nSPS) is 15.6. The van der Waals surface area contributed by atoms with Crippen molar-refractivity contribution in [2.24, 2.45) is 11.7 Å². The second kappa shape index (κ2) is 29.8. The number of thioether (sulfide) groups is 2. The van der Waals surface area contributed by atoms with Crippen LogP contribution in [-0.4, -0.2) is 124 Å². The summed E-state index contributed by atoms with van der Waals surface area (Å²) in [6.07, 6.45) is 3.39. The highest BCUT2D eigenvalue weighted by Gasteiger charge is 2.41. The third-order valence-corrected chi connectivity index (χ3v) is 15.2. The minimum Gasteiger partial charge on any atom is -0.480 e. The number of carboxylic acids is 1. The van der Waals surface area contributed by atoms with Crippen LogP contribution >= 0.6 is 23.5 Å². The highest BCUT2D eigenvalue weighted by atomic mass is 32.2. The van der Waals surface area contributed by atoms with Crippen molar-refractivity contribution in [2.75, 3.05) is 30.9 Å². The van der Waals surface area contributed by atoms with Crippen molar-refractivity contribution in [3.8, 4) is 0 Å². The summed E-state index contributed by atoms with van der Waals surface area (Å²) in [6, 6.07) is 32.4. The predicted molar refractivity (Wildman–Crippen MR) is 300 cm³/mol. The molecule has 0 spiro atoms. The second-order valence-corrected chi connectivity index (χ2v) is 22.7. The van der Waals surface area contributed by atoms with Crippen LogP contribution in [0.25, 0.3) is 0 Å². The number of amides is 6. The third-order valence-electron chi connectivity index (χ3n) is 12.9. The molecule has 0 unspecified atom stereocenters. The van der Waals surface area contributed by atoms with E-state index in [2.05, 4.69) is 63.0 Å². The molecule has 0 aliphatic carbocycles. The molecule has 0 aromatic heterocycles. The summed E-state index contributed by atoms with van der Waals surface area (Å²) in [4.78, 5) is 97.7. The van der Waals surface area contributed by atoms with Gasteiger partial charge in [0.05, 0.1) is 10.8 Å². The average molecular weight is 1080 g/mol. The Morgan fingerprint density at radius 2 is 1.20 bits per heavy atom. The minimum atomic E-state index is -1.27. The first-order valence-electron chi connectivity index (χ1n) is 26.1. The fourth-order valence-electron chi connectivity index (χ4n) is 9.16. The lowest BCUT2D eigenvalue weighted by Crippen LogP contribution is -2.59. The summed E-state index contributed by atoms with van der Waals surface area (Å²) in [6.45, 7) is 9.52. The molecular weight excluding hydrogens is 1000 g/mol. The zero-order valence-electron chi connectivity index (χ0n) is 44.6. The number of unbranched alkanes of at least 4 members (excludes halogenated alkanes) is 1. The van der Waals surface area contributed by atoms with E-state index in [-0.39, 0.29) is 50.4 Å². The summed E-state index contributed by atoms with van der Waals surface area (Å²) in [7, 11) is 0. The first-order valence-corrected chi connectivity index (χ1v) is 28.5. The van der Waals surface area contributed by atoms with E-state index in [1.165, 1.54) is 16.7 Å². The molecule has 410 valence electrons. The Morgan fingerprint density at radius 3 is 1.71 bits per heavy atom. The van der Waals surface area contributed by atoms with Crippen LogP contribution < -0.4 is 32.3 Å². The zero-order chi connectivity index (χ0) is 55.3. The van der Waals surface area contributed by atoms with Crippen molar-refractivity contribution in [3.05, 3.63) is 144 Å². The van der Waals surface area contributed by atoms with Gasteiger partial charge in [-0.3, -0.25) is 24.0 Å². The first kappa shape index (κ1) is 60.5. The SMILES string of the molecule is CSCC[C@H](NC(=O)[C@H](CCCCNC(=O)OC(C)(C)C)NC(=O)[C@@H]1CCCN1C(=O)[C@@H](N)CSC(c1ccccc1)(c1ccccc1)c1ccccc1)C(=O)N[C@@H](CC(C)C)C(=O)N[C@@H](Cc1ccccc1)C(=O)O. The smallest absolute Gasteiger partial charge is 0.407 e. The van der Waals surface area contributed by atoms with Crippen molar-refractivity contribution in [1.29, 1.82) is 0 Å². The van der Waals surface area contributed by atoms with E-state index < -0.39 is 88.2 Å². The number of carboxylic acid groups (broad SMARTS) is 1. The molecule has 76 heavy (non-hydrogen) atoms. The van der Waals surface area contributed by atoms with Gasteiger partial charge in [0.1, 0.15) is 35.8 Å². The number of hydrogen-bond donors (Lipinski definition) is 7. The van der Waals surface area contributed by atoms with Crippen molar-refractivity contribution in [1.82, 2.24) is 31.5 Å². The molecule has 18 heteroatoms. The third kappa shape index (κ3) is 18.1. The van der Waals surface area contributed by atoms with E-state index in [0.29, 0.717) is 37.0 Å². The van der Waals surface area contributed by atoms with Gasteiger partial charge in [-0.15, -0.1) is 11.8 Å². The van der Waals surface area contributed by atoms with Crippen LogP contribution in [0.15, 0.2) is 121 Å². The largest absolute Gasteiger partial charge is 0.480 e. The van der Waals surface area contributed by atoms with Gasteiger partial charge in [0, 0.05) is 25.3 Å². The van der Waals surface area contributed by atoms with Crippen molar-refractivity contribution >= 4 is 65.1 Å². The highest BCUT2D eigenvalue weighted by molar-refractivity contribution is 8.00. The fourth-order valence-corrected chi connectivity index (χ4v) is 11.1. The van der Waals surface area contributed by atoms with Gasteiger partial charge in [-0.1, -0.05) is 135 Å². The van der Waals surface area contributed by atoms with E-state index in [1.807, 2.05) is 74.7 Å². The van der Waals surface area contributed by atoms with E-state index in [1.54, 1.807) is 62.9 Å². The number of nitrogens with zero attached hydrogens (tertiary/aromatic N) is 1. The van der Waals surface area contributed by atoms with Gasteiger partial charge in [0.2, 0.25) is 29.5 Å². The maximum absolute atomic E-state index is 14.5. The van der Waals surface area contributed by atoms with E-state index >= 15 is 0 Å². The standard InChI is InChI=1S/C58H77N7O9S2/c1-39(2)36-47(52(68)64-48(55(71)72)37-40-22-11-7-12-23-40)63-51(67)46(32-35-75-6)61-50(66)45(30-19-20-33-60-56(73)74-57(3,4)5)62-53(69)49-31-21-34-65(49)54(70)44(59)38-76-58(41-24-13-8-14-25-41,42-26-15-9-16-27-42)43-28-17-10-18-29-43/h7-18,22-29,39,44-49H,19-21,30-38,59H2,1-6H3,(H,60,73)(H,61,66)(H,62,69)(H,63,67)(H,64,68)(H,71,72)/t44-,45-,46-,47-,48-,49-/m0/s1. The lowest BCUT2D eigenvalue weighted by atomic mass is 9.84. The topological polar surface area (TPSA) is 238 Å². The quantitative estimate of drug-likeness (QED) is 0.0230. The molecule has 6 amide bonds. The molecule has 0 radical (unpaired) electrons. The molecule has 0 bridgehead atoms. The number of alkyl carbamates (subject to hydrolysis) is 1. The Morgan fingerprint density at radius 1 is 0.697 bits per heavy atom. The van der Waals surface area contributed by atoms with Gasteiger partial charge in [-0.2, -0.15) is 11.8 Å². The Balaban J connectivity index is 1.33. The van der Waals surface area contributed by atoms with Gasteiger partial charge >= 0.3 is 12.1 Å². The molecule has 1 aliphatic rings. The molecule has 16 nitrogen and oxygen atoms in total. The van der Waals surface area contributed by atoms with Gasteiger partial charge < -0.3 is 47.1 Å². The summed E-state index contributed by atoms with van der Waals surface area (Å²) in [5.41, 5.74) is 9.88. The summed E-state index contributed by atoms with van der Waals surface area (Å²) < 4.78 is 4.63. The van der Waals surface area contributed by atoms with Crippen molar-refractivity contribution < 1.29 is 43.4 Å². The molecule has 0 saturated carbocycles. The van der Waals surface area contributed by atoms with E-state index in [4.69, 9.17) is 10.5 Å². The number of nitrogens with two attached hydrogens (primary N) is 1.